The van der Waals surface area contributed by atoms with E-state index in [0.29, 0.717) is 12.2 Å². The number of hydrogen-bond donors (Lipinski definition) is 2. The second-order valence-electron chi connectivity index (χ2n) is 7.92. The SMILES string of the molecule is CC(NC(=O)N(C)CCCc1cc(-c2cccc(F)c2)n[nH]1)c1ccc(-n2cncn2)cc1. The van der Waals surface area contributed by atoms with E-state index in [1.54, 1.807) is 29.0 Å². The Balaban J connectivity index is 1.24. The normalized spacial score (nSPS) is 11.8. The highest BCUT2D eigenvalue weighted by atomic mass is 19.1. The van der Waals surface area contributed by atoms with Gasteiger partial charge in [-0.3, -0.25) is 5.10 Å². The Labute approximate surface area is 191 Å². The van der Waals surface area contributed by atoms with E-state index in [1.807, 2.05) is 43.3 Å². The van der Waals surface area contributed by atoms with Crippen molar-refractivity contribution in [2.75, 3.05) is 13.6 Å². The first kappa shape index (κ1) is 22.2. The molecule has 4 rings (SSSR count). The average Bonchev–Trinajstić information content (AvgIpc) is 3.52. The van der Waals surface area contributed by atoms with E-state index in [2.05, 4.69) is 25.6 Å². The quantitative estimate of drug-likeness (QED) is 0.425. The van der Waals surface area contributed by atoms with Crippen molar-refractivity contribution in [3.8, 4) is 16.9 Å². The van der Waals surface area contributed by atoms with Gasteiger partial charge in [-0.05, 0) is 55.7 Å². The van der Waals surface area contributed by atoms with Gasteiger partial charge in [0.25, 0.3) is 0 Å². The Hall–Kier alpha value is -4.01. The third kappa shape index (κ3) is 5.62. The van der Waals surface area contributed by atoms with E-state index in [4.69, 9.17) is 0 Å². The number of aromatic amines is 1. The van der Waals surface area contributed by atoms with Crippen molar-refractivity contribution in [1.82, 2.24) is 35.2 Å². The van der Waals surface area contributed by atoms with Crippen molar-refractivity contribution >= 4 is 6.03 Å². The van der Waals surface area contributed by atoms with Gasteiger partial charge < -0.3 is 10.2 Å². The molecule has 170 valence electrons. The minimum absolute atomic E-state index is 0.132. The Morgan fingerprint density at radius 3 is 2.76 bits per heavy atom. The van der Waals surface area contributed by atoms with Gasteiger partial charge in [0.1, 0.15) is 18.5 Å². The summed E-state index contributed by atoms with van der Waals surface area (Å²) in [6.07, 6.45) is 4.64. The number of nitrogens with zero attached hydrogens (tertiary/aromatic N) is 5. The first-order valence-electron chi connectivity index (χ1n) is 10.8. The molecule has 0 radical (unpaired) electrons. The molecule has 2 N–H and O–H groups in total. The van der Waals surface area contributed by atoms with Crippen LogP contribution in [0.3, 0.4) is 0 Å². The van der Waals surface area contributed by atoms with Gasteiger partial charge in [-0.25, -0.2) is 18.9 Å². The highest BCUT2D eigenvalue weighted by Crippen LogP contribution is 2.19. The van der Waals surface area contributed by atoms with Crippen LogP contribution in [0.1, 0.15) is 30.6 Å². The number of benzene rings is 2. The standard InChI is InChI=1S/C24H26FN7O/c1-17(18-8-10-22(11-9-18)32-16-26-15-27-32)28-24(33)31(2)12-4-7-21-14-23(30-29-21)19-5-3-6-20(25)13-19/h3,5-6,8-11,13-17H,4,7,12H2,1-2H3,(H,28,33)(H,29,30). The summed E-state index contributed by atoms with van der Waals surface area (Å²) in [4.78, 5) is 18.2. The number of urea groups is 1. The van der Waals surface area contributed by atoms with Gasteiger partial charge in [0.2, 0.25) is 0 Å². The van der Waals surface area contributed by atoms with Crippen LogP contribution < -0.4 is 5.32 Å². The third-order valence-electron chi connectivity index (χ3n) is 5.45. The molecule has 33 heavy (non-hydrogen) atoms. The molecule has 0 aliphatic rings. The first-order valence-corrected chi connectivity index (χ1v) is 10.8. The van der Waals surface area contributed by atoms with Crippen molar-refractivity contribution in [2.45, 2.75) is 25.8 Å². The molecule has 9 heteroatoms. The second-order valence-corrected chi connectivity index (χ2v) is 7.92. The summed E-state index contributed by atoms with van der Waals surface area (Å²) in [6, 6.07) is 15.8. The second kappa shape index (κ2) is 10.1. The number of rotatable bonds is 8. The lowest BCUT2D eigenvalue weighted by atomic mass is 10.1. The van der Waals surface area contributed by atoms with Crippen LogP contribution in [0.25, 0.3) is 16.9 Å². The molecular formula is C24H26FN7O. The molecule has 0 aliphatic carbocycles. The van der Waals surface area contributed by atoms with E-state index < -0.39 is 0 Å². The molecule has 0 spiro atoms. The predicted octanol–water partition coefficient (Wildman–Crippen LogP) is 4.13. The lowest BCUT2D eigenvalue weighted by Crippen LogP contribution is -2.39. The summed E-state index contributed by atoms with van der Waals surface area (Å²) in [5.41, 5.74) is 4.30. The van der Waals surface area contributed by atoms with Gasteiger partial charge in [0.05, 0.1) is 17.4 Å². The molecule has 1 unspecified atom stereocenters. The van der Waals surface area contributed by atoms with Crippen molar-refractivity contribution in [3.63, 3.8) is 0 Å². The van der Waals surface area contributed by atoms with E-state index in [-0.39, 0.29) is 17.9 Å². The zero-order chi connectivity index (χ0) is 23.2. The summed E-state index contributed by atoms with van der Waals surface area (Å²) in [7, 11) is 1.78. The summed E-state index contributed by atoms with van der Waals surface area (Å²) in [5, 5.41) is 14.4. The van der Waals surface area contributed by atoms with Crippen LogP contribution in [0, 0.1) is 5.82 Å². The molecule has 1 atom stereocenters. The van der Waals surface area contributed by atoms with E-state index in [1.165, 1.54) is 18.5 Å². The predicted molar refractivity (Wildman–Crippen MR) is 123 cm³/mol. The third-order valence-corrected chi connectivity index (χ3v) is 5.45. The molecule has 2 amide bonds. The fraction of sp³-hybridized carbons (Fsp3) is 0.250. The number of halogens is 1. The minimum Gasteiger partial charge on any atom is -0.331 e. The van der Waals surface area contributed by atoms with Crippen LogP contribution >= 0.6 is 0 Å². The Morgan fingerprint density at radius 2 is 2.03 bits per heavy atom. The van der Waals surface area contributed by atoms with Gasteiger partial charge in [-0.15, -0.1) is 0 Å². The van der Waals surface area contributed by atoms with E-state index >= 15 is 0 Å². The number of nitrogens with one attached hydrogen (secondary N) is 2. The number of aryl methyl sites for hydroxylation is 1. The van der Waals surface area contributed by atoms with Crippen molar-refractivity contribution in [3.05, 3.63) is 84.3 Å². The van der Waals surface area contributed by atoms with Crippen LogP contribution in [0.4, 0.5) is 9.18 Å². The molecule has 0 saturated carbocycles. The maximum Gasteiger partial charge on any atom is 0.317 e. The highest BCUT2D eigenvalue weighted by molar-refractivity contribution is 5.74. The molecule has 0 fully saturated rings. The maximum atomic E-state index is 13.4. The van der Waals surface area contributed by atoms with Crippen LogP contribution in [0.15, 0.2) is 67.3 Å². The molecule has 0 saturated heterocycles. The van der Waals surface area contributed by atoms with Gasteiger partial charge >= 0.3 is 6.03 Å². The van der Waals surface area contributed by atoms with Crippen LogP contribution in [-0.2, 0) is 6.42 Å². The topological polar surface area (TPSA) is 91.7 Å². The number of amides is 2. The summed E-state index contributed by atoms with van der Waals surface area (Å²) >= 11 is 0. The fourth-order valence-electron chi connectivity index (χ4n) is 3.53. The highest BCUT2D eigenvalue weighted by Gasteiger charge is 2.14. The minimum atomic E-state index is -0.287. The largest absolute Gasteiger partial charge is 0.331 e. The van der Waals surface area contributed by atoms with E-state index in [9.17, 15) is 9.18 Å². The van der Waals surface area contributed by atoms with Gasteiger partial charge in [0, 0.05) is 24.8 Å². The van der Waals surface area contributed by atoms with Crippen LogP contribution in [0.2, 0.25) is 0 Å². The Kier molecular flexibility index (Phi) is 6.77. The molecule has 2 aromatic carbocycles. The van der Waals surface area contributed by atoms with Crippen molar-refractivity contribution in [1.29, 1.82) is 0 Å². The monoisotopic (exact) mass is 447 g/mol. The zero-order valence-electron chi connectivity index (χ0n) is 18.6. The molecule has 4 aromatic rings. The molecule has 0 aliphatic heterocycles. The number of carbonyl (C=O) groups is 1. The lowest BCUT2D eigenvalue weighted by Gasteiger charge is -2.21. The number of H-pyrrole nitrogens is 1. The Morgan fingerprint density at radius 1 is 1.21 bits per heavy atom. The van der Waals surface area contributed by atoms with Crippen LogP contribution in [0.5, 0.6) is 0 Å². The van der Waals surface area contributed by atoms with Gasteiger partial charge in [-0.1, -0.05) is 24.3 Å². The fourth-order valence-corrected chi connectivity index (χ4v) is 3.53. The van der Waals surface area contributed by atoms with Gasteiger partial charge in [-0.2, -0.15) is 10.2 Å². The summed E-state index contributed by atoms with van der Waals surface area (Å²) in [6.45, 7) is 2.55. The lowest BCUT2D eigenvalue weighted by molar-refractivity contribution is 0.205. The molecule has 2 heterocycles. The Bertz CT molecular complexity index is 1190. The summed E-state index contributed by atoms with van der Waals surface area (Å²) < 4.78 is 15.1. The van der Waals surface area contributed by atoms with Crippen molar-refractivity contribution in [2.24, 2.45) is 0 Å². The van der Waals surface area contributed by atoms with Crippen LogP contribution in [-0.4, -0.2) is 49.5 Å². The smallest absolute Gasteiger partial charge is 0.317 e. The maximum absolute atomic E-state index is 13.4. The molecular weight excluding hydrogens is 421 g/mol. The molecule has 2 aromatic heterocycles. The van der Waals surface area contributed by atoms with E-state index in [0.717, 1.165) is 35.3 Å². The number of carbonyl (C=O) groups excluding carboxylic acids is 1. The number of aromatic nitrogens is 5. The molecule has 0 bridgehead atoms. The van der Waals surface area contributed by atoms with Gasteiger partial charge in [0.15, 0.2) is 0 Å². The van der Waals surface area contributed by atoms with Crippen molar-refractivity contribution < 1.29 is 9.18 Å². The zero-order valence-corrected chi connectivity index (χ0v) is 18.6. The summed E-state index contributed by atoms with van der Waals surface area (Å²) in [5.74, 6) is -0.287. The average molecular weight is 448 g/mol. The molecule has 8 nitrogen and oxygen atoms in total. The number of hydrogen-bond acceptors (Lipinski definition) is 4. The first-order chi connectivity index (χ1) is 16.0.